The Morgan fingerprint density at radius 3 is 2.33 bits per heavy atom. The summed E-state index contributed by atoms with van der Waals surface area (Å²) in [6, 6.07) is -0.378. The van der Waals surface area contributed by atoms with Gasteiger partial charge in [-0.2, -0.15) is 13.2 Å². The van der Waals surface area contributed by atoms with Gasteiger partial charge in [0.15, 0.2) is 0 Å². The number of esters is 1. The van der Waals surface area contributed by atoms with Gasteiger partial charge < -0.3 is 10.1 Å². The molecule has 0 aromatic rings. The molecule has 1 atom stereocenters. The van der Waals surface area contributed by atoms with Crippen molar-refractivity contribution in [2.45, 2.75) is 44.8 Å². The molecule has 1 saturated carbocycles. The Morgan fingerprint density at radius 1 is 1.33 bits per heavy atom. The smallest absolute Gasteiger partial charge is 0.391 e. The number of nitrogens with one attached hydrogen (secondary N) is 1. The molecule has 1 aliphatic carbocycles. The van der Waals surface area contributed by atoms with Crippen LogP contribution in [0.3, 0.4) is 0 Å². The third-order valence-corrected chi connectivity index (χ3v) is 3.56. The first kappa shape index (κ1) is 15.3. The second-order valence-electron chi connectivity index (χ2n) is 4.90. The third kappa shape index (κ3) is 4.48. The lowest BCUT2D eigenvalue weighted by molar-refractivity contribution is -0.185. The Kier molecular flexibility index (Phi) is 5.44. The van der Waals surface area contributed by atoms with Gasteiger partial charge in [-0.25, -0.2) is 0 Å². The van der Waals surface area contributed by atoms with Crippen molar-refractivity contribution in [2.75, 3.05) is 13.7 Å². The van der Waals surface area contributed by atoms with Crippen molar-refractivity contribution in [3.05, 3.63) is 0 Å². The zero-order valence-corrected chi connectivity index (χ0v) is 10.7. The average molecular weight is 267 g/mol. The van der Waals surface area contributed by atoms with Crippen molar-refractivity contribution in [3.63, 3.8) is 0 Å². The molecule has 1 N–H and O–H groups in total. The van der Waals surface area contributed by atoms with E-state index < -0.39 is 12.1 Å². The molecule has 0 aromatic heterocycles. The lowest BCUT2D eigenvalue weighted by atomic mass is 9.82. The highest BCUT2D eigenvalue weighted by Crippen LogP contribution is 2.39. The van der Waals surface area contributed by atoms with Crippen molar-refractivity contribution in [1.29, 1.82) is 0 Å². The third-order valence-electron chi connectivity index (χ3n) is 3.56. The molecule has 0 bridgehead atoms. The largest absolute Gasteiger partial charge is 0.464 e. The number of carbonyl (C=O) groups excluding carboxylic acids is 1. The highest BCUT2D eigenvalue weighted by Gasteiger charge is 2.41. The number of carbonyl (C=O) groups is 1. The summed E-state index contributed by atoms with van der Waals surface area (Å²) in [6.45, 7) is 1.91. The SMILES string of the molecule is CN[C@@H](C)C(=O)OC[C@H]1CC[C@H](C(F)(F)F)CC1. The van der Waals surface area contributed by atoms with Crippen LogP contribution in [0.2, 0.25) is 0 Å². The Hall–Kier alpha value is -0.780. The highest BCUT2D eigenvalue weighted by atomic mass is 19.4. The van der Waals surface area contributed by atoms with Gasteiger partial charge in [-0.3, -0.25) is 4.79 Å². The summed E-state index contributed by atoms with van der Waals surface area (Å²) >= 11 is 0. The van der Waals surface area contributed by atoms with E-state index in [2.05, 4.69) is 5.32 Å². The summed E-state index contributed by atoms with van der Waals surface area (Å²) in [7, 11) is 1.65. The average Bonchev–Trinajstić information content (AvgIpc) is 2.34. The van der Waals surface area contributed by atoms with Crippen LogP contribution in [-0.4, -0.2) is 31.8 Å². The van der Waals surface area contributed by atoms with Crippen LogP contribution in [0.5, 0.6) is 0 Å². The first-order valence-corrected chi connectivity index (χ1v) is 6.25. The summed E-state index contributed by atoms with van der Waals surface area (Å²) in [4.78, 5) is 11.4. The van der Waals surface area contributed by atoms with E-state index in [1.165, 1.54) is 0 Å². The van der Waals surface area contributed by atoms with Crippen LogP contribution in [0.15, 0.2) is 0 Å². The fourth-order valence-electron chi connectivity index (χ4n) is 2.10. The number of rotatable bonds is 4. The zero-order valence-electron chi connectivity index (χ0n) is 10.7. The van der Waals surface area contributed by atoms with Crippen LogP contribution in [0.25, 0.3) is 0 Å². The molecule has 0 radical (unpaired) electrons. The number of likely N-dealkylation sites (N-methyl/N-ethyl adjacent to an activating group) is 1. The van der Waals surface area contributed by atoms with Gasteiger partial charge in [0.25, 0.3) is 0 Å². The van der Waals surface area contributed by atoms with Crippen LogP contribution >= 0.6 is 0 Å². The molecule has 0 spiro atoms. The normalized spacial score (nSPS) is 26.7. The van der Waals surface area contributed by atoms with Crippen molar-refractivity contribution in [2.24, 2.45) is 11.8 Å². The van der Waals surface area contributed by atoms with Gasteiger partial charge in [-0.05, 0) is 45.6 Å². The summed E-state index contributed by atoms with van der Waals surface area (Å²) in [5.41, 5.74) is 0. The van der Waals surface area contributed by atoms with Crippen LogP contribution in [0.4, 0.5) is 13.2 Å². The van der Waals surface area contributed by atoms with Crippen molar-refractivity contribution in [1.82, 2.24) is 5.32 Å². The number of alkyl halides is 3. The molecule has 1 fully saturated rings. The molecule has 0 aromatic carbocycles. The molecule has 6 heteroatoms. The van der Waals surface area contributed by atoms with E-state index in [1.54, 1.807) is 14.0 Å². The molecule has 3 nitrogen and oxygen atoms in total. The molecule has 0 saturated heterocycles. The van der Waals surface area contributed by atoms with E-state index >= 15 is 0 Å². The van der Waals surface area contributed by atoms with Crippen LogP contribution in [0.1, 0.15) is 32.6 Å². The molecule has 0 amide bonds. The minimum absolute atomic E-state index is 0.0663. The van der Waals surface area contributed by atoms with Gasteiger partial charge >= 0.3 is 12.1 Å². The Labute approximate surface area is 105 Å². The van der Waals surface area contributed by atoms with Crippen LogP contribution in [0, 0.1) is 11.8 Å². The van der Waals surface area contributed by atoms with E-state index in [0.717, 1.165) is 0 Å². The van der Waals surface area contributed by atoms with Crippen molar-refractivity contribution in [3.8, 4) is 0 Å². The second kappa shape index (κ2) is 6.41. The maximum Gasteiger partial charge on any atom is 0.391 e. The van der Waals surface area contributed by atoms with Gasteiger partial charge in [0.1, 0.15) is 6.04 Å². The van der Waals surface area contributed by atoms with E-state index in [9.17, 15) is 18.0 Å². The summed E-state index contributed by atoms with van der Waals surface area (Å²) < 4.78 is 42.4. The first-order chi connectivity index (χ1) is 8.34. The Balaban J connectivity index is 2.26. The predicted octanol–water partition coefficient (Wildman–Crippen LogP) is 2.51. The fourth-order valence-corrected chi connectivity index (χ4v) is 2.10. The second-order valence-corrected chi connectivity index (χ2v) is 4.90. The molecular formula is C12H20F3NO2. The summed E-state index contributed by atoms with van der Waals surface area (Å²) in [5.74, 6) is -1.47. The van der Waals surface area contributed by atoms with Gasteiger partial charge in [0.2, 0.25) is 0 Å². The zero-order chi connectivity index (χ0) is 13.8. The molecular weight excluding hydrogens is 247 g/mol. The lowest BCUT2D eigenvalue weighted by Gasteiger charge is -2.29. The monoisotopic (exact) mass is 267 g/mol. The quantitative estimate of drug-likeness (QED) is 0.795. The minimum atomic E-state index is -4.08. The number of ether oxygens (including phenoxy) is 1. The topological polar surface area (TPSA) is 38.3 Å². The molecule has 1 rings (SSSR count). The summed E-state index contributed by atoms with van der Waals surface area (Å²) in [6.07, 6.45) is -2.83. The Bertz CT molecular complexity index is 273. The fraction of sp³-hybridized carbons (Fsp3) is 0.917. The van der Waals surface area contributed by atoms with E-state index in [1.807, 2.05) is 0 Å². The lowest BCUT2D eigenvalue weighted by Crippen LogP contribution is -2.34. The predicted molar refractivity (Wildman–Crippen MR) is 61.0 cm³/mol. The van der Waals surface area contributed by atoms with Crippen molar-refractivity contribution < 1.29 is 22.7 Å². The van der Waals surface area contributed by atoms with Gasteiger partial charge in [0.05, 0.1) is 12.5 Å². The Morgan fingerprint density at radius 2 is 1.89 bits per heavy atom. The van der Waals surface area contributed by atoms with E-state index in [4.69, 9.17) is 4.74 Å². The maximum atomic E-state index is 12.4. The molecule has 0 aliphatic heterocycles. The molecule has 0 unspecified atom stereocenters. The summed E-state index contributed by atoms with van der Waals surface area (Å²) in [5, 5.41) is 2.76. The van der Waals surface area contributed by atoms with Gasteiger partial charge in [-0.1, -0.05) is 0 Å². The van der Waals surface area contributed by atoms with Crippen LogP contribution < -0.4 is 5.32 Å². The molecule has 106 valence electrons. The van der Waals surface area contributed by atoms with Gasteiger partial charge in [0, 0.05) is 0 Å². The van der Waals surface area contributed by atoms with E-state index in [0.29, 0.717) is 12.8 Å². The first-order valence-electron chi connectivity index (χ1n) is 6.25. The number of hydrogen-bond acceptors (Lipinski definition) is 3. The molecule has 0 heterocycles. The van der Waals surface area contributed by atoms with Crippen LogP contribution in [-0.2, 0) is 9.53 Å². The number of hydrogen-bond donors (Lipinski definition) is 1. The molecule has 1 aliphatic rings. The van der Waals surface area contributed by atoms with Crippen molar-refractivity contribution >= 4 is 5.97 Å². The standard InChI is InChI=1S/C12H20F3NO2/c1-8(16-2)11(17)18-7-9-3-5-10(6-4-9)12(13,14)15/h8-10,16H,3-7H2,1-2H3/t8-,9-,10-/m0/s1. The minimum Gasteiger partial charge on any atom is -0.464 e. The highest BCUT2D eigenvalue weighted by molar-refractivity contribution is 5.75. The number of halogens is 3. The van der Waals surface area contributed by atoms with Gasteiger partial charge in [-0.15, -0.1) is 0 Å². The van der Waals surface area contributed by atoms with E-state index in [-0.39, 0.29) is 37.4 Å². The molecule has 18 heavy (non-hydrogen) atoms. The maximum absolute atomic E-state index is 12.4.